The average Bonchev–Trinajstić information content (AvgIpc) is 2.03. The molecule has 0 bridgehead atoms. The Labute approximate surface area is 73.2 Å². The lowest BCUT2D eigenvalue weighted by molar-refractivity contribution is -0.133. The second-order valence-corrected chi connectivity index (χ2v) is 2.35. The molecule has 0 aliphatic carbocycles. The summed E-state index contributed by atoms with van der Waals surface area (Å²) in [5.74, 6) is -0.392. The zero-order valence-electron chi connectivity index (χ0n) is 7.54. The van der Waals surface area contributed by atoms with Gasteiger partial charge in [0.25, 0.3) is 0 Å². The van der Waals surface area contributed by atoms with Gasteiger partial charge in [0, 0.05) is 5.57 Å². The van der Waals surface area contributed by atoms with Crippen molar-refractivity contribution in [3.05, 3.63) is 36.6 Å². The van der Waals surface area contributed by atoms with Crippen molar-refractivity contribution in [3.8, 4) is 0 Å². The molecule has 0 aromatic carbocycles. The molecule has 2 nitrogen and oxygen atoms in total. The van der Waals surface area contributed by atoms with E-state index in [2.05, 4.69) is 11.3 Å². The molecule has 0 heterocycles. The highest BCUT2D eigenvalue weighted by molar-refractivity contribution is 5.87. The number of carbonyl (C=O) groups excluding carboxylic acids is 1. The summed E-state index contributed by atoms with van der Waals surface area (Å²) in [5, 5.41) is 0. The summed E-state index contributed by atoms with van der Waals surface area (Å²) in [6.07, 6.45) is 7.78. The van der Waals surface area contributed by atoms with E-state index in [1.807, 2.05) is 19.1 Å². The maximum Gasteiger partial charge on any atom is 0.337 e. The van der Waals surface area contributed by atoms with Crippen LogP contribution in [0, 0.1) is 0 Å². The molecule has 0 amide bonds. The summed E-state index contributed by atoms with van der Waals surface area (Å²) in [7, 11) is 0. The number of carbonyl (C=O) groups is 1. The largest absolute Gasteiger partial charge is 0.431 e. The quantitative estimate of drug-likeness (QED) is 0.278. The Morgan fingerprint density at radius 1 is 1.50 bits per heavy atom. The van der Waals surface area contributed by atoms with Gasteiger partial charge in [0.2, 0.25) is 0 Å². The van der Waals surface area contributed by atoms with Crippen LogP contribution in [0.25, 0.3) is 0 Å². The Hall–Kier alpha value is -1.31. The van der Waals surface area contributed by atoms with Crippen LogP contribution in [0.3, 0.4) is 0 Å². The topological polar surface area (TPSA) is 26.3 Å². The molecule has 0 unspecified atom stereocenters. The zero-order chi connectivity index (χ0) is 9.40. The molecule has 0 fully saturated rings. The van der Waals surface area contributed by atoms with Gasteiger partial charge in [0.1, 0.15) is 0 Å². The minimum Gasteiger partial charge on any atom is -0.431 e. The first kappa shape index (κ1) is 10.7. The molecule has 0 rings (SSSR count). The summed E-state index contributed by atoms with van der Waals surface area (Å²) in [4.78, 5) is 10.8. The van der Waals surface area contributed by atoms with Crippen LogP contribution < -0.4 is 0 Å². The van der Waals surface area contributed by atoms with Gasteiger partial charge in [-0.25, -0.2) is 4.79 Å². The molecule has 0 N–H and O–H groups in total. The number of rotatable bonds is 4. The second kappa shape index (κ2) is 6.40. The molecule has 66 valence electrons. The van der Waals surface area contributed by atoms with Crippen molar-refractivity contribution in [3.63, 3.8) is 0 Å². The Kier molecular flexibility index (Phi) is 5.70. The van der Waals surface area contributed by atoms with Crippen LogP contribution >= 0.6 is 0 Å². The third-order valence-corrected chi connectivity index (χ3v) is 1.09. The molecule has 2 heteroatoms. The molecule has 0 saturated heterocycles. The summed E-state index contributed by atoms with van der Waals surface area (Å²) in [5.41, 5.74) is 0.402. The maximum atomic E-state index is 10.8. The zero-order valence-corrected chi connectivity index (χ0v) is 7.54. The number of hydrogen-bond acceptors (Lipinski definition) is 2. The highest BCUT2D eigenvalue weighted by atomic mass is 16.5. The maximum absolute atomic E-state index is 10.8. The molecule has 0 radical (unpaired) electrons. The van der Waals surface area contributed by atoms with E-state index >= 15 is 0 Å². The monoisotopic (exact) mass is 166 g/mol. The normalized spacial score (nSPS) is 10.8. The average molecular weight is 166 g/mol. The molecule has 12 heavy (non-hydrogen) atoms. The smallest absolute Gasteiger partial charge is 0.337 e. The van der Waals surface area contributed by atoms with Crippen LogP contribution in [0.1, 0.15) is 20.3 Å². The van der Waals surface area contributed by atoms with Crippen molar-refractivity contribution in [1.82, 2.24) is 0 Å². The van der Waals surface area contributed by atoms with Gasteiger partial charge < -0.3 is 4.74 Å². The Bertz CT molecular complexity index is 212. The second-order valence-electron chi connectivity index (χ2n) is 2.35. The molecule has 0 aromatic heterocycles. The minimum absolute atomic E-state index is 0.392. The number of allylic oxidation sites excluding steroid dienone is 3. The molecule has 0 spiro atoms. The lowest BCUT2D eigenvalue weighted by Gasteiger charge is -1.94. The first-order valence-electron chi connectivity index (χ1n) is 3.86. The molecular formula is C10H14O2. The van der Waals surface area contributed by atoms with Gasteiger partial charge in [-0.2, -0.15) is 0 Å². The van der Waals surface area contributed by atoms with Crippen molar-refractivity contribution in [2.24, 2.45) is 0 Å². The van der Waals surface area contributed by atoms with Crippen molar-refractivity contribution in [2.45, 2.75) is 20.3 Å². The minimum atomic E-state index is -0.392. The van der Waals surface area contributed by atoms with Gasteiger partial charge in [-0.3, -0.25) is 0 Å². The van der Waals surface area contributed by atoms with E-state index in [4.69, 9.17) is 0 Å². The van der Waals surface area contributed by atoms with Crippen LogP contribution in [0.4, 0.5) is 0 Å². The van der Waals surface area contributed by atoms with E-state index in [-0.39, 0.29) is 0 Å². The fourth-order valence-electron chi connectivity index (χ4n) is 0.462. The SMILES string of the molecule is C=C(C)C(=O)OC=CC=CCC. The van der Waals surface area contributed by atoms with E-state index in [0.29, 0.717) is 5.57 Å². The summed E-state index contributed by atoms with van der Waals surface area (Å²) in [6.45, 7) is 7.08. The summed E-state index contributed by atoms with van der Waals surface area (Å²) < 4.78 is 4.68. The lowest BCUT2D eigenvalue weighted by Crippen LogP contribution is -1.98. The van der Waals surface area contributed by atoms with Crippen LogP contribution in [0.15, 0.2) is 36.6 Å². The number of ether oxygens (including phenoxy) is 1. The predicted octanol–water partition coefficient (Wildman–Crippen LogP) is 2.59. The van der Waals surface area contributed by atoms with Gasteiger partial charge in [-0.15, -0.1) is 0 Å². The molecule has 0 atom stereocenters. The van der Waals surface area contributed by atoms with E-state index in [1.54, 1.807) is 13.0 Å². The fourth-order valence-corrected chi connectivity index (χ4v) is 0.462. The van der Waals surface area contributed by atoms with Crippen LogP contribution in [0.2, 0.25) is 0 Å². The fraction of sp³-hybridized carbons (Fsp3) is 0.300. The predicted molar refractivity (Wildman–Crippen MR) is 49.5 cm³/mol. The molecular weight excluding hydrogens is 152 g/mol. The molecule has 0 aliphatic rings. The highest BCUT2D eigenvalue weighted by Crippen LogP contribution is 1.92. The molecule has 0 saturated carbocycles. The highest BCUT2D eigenvalue weighted by Gasteiger charge is 1.97. The number of esters is 1. The van der Waals surface area contributed by atoms with Crippen molar-refractivity contribution >= 4 is 5.97 Å². The standard InChI is InChI=1S/C10H14O2/c1-4-5-6-7-8-12-10(11)9(2)3/h5-8H,2,4H2,1,3H3. The van der Waals surface area contributed by atoms with Crippen molar-refractivity contribution < 1.29 is 9.53 Å². The van der Waals surface area contributed by atoms with Crippen LogP contribution in [0.5, 0.6) is 0 Å². The van der Waals surface area contributed by atoms with Gasteiger partial charge in [0.15, 0.2) is 0 Å². The number of hydrogen-bond donors (Lipinski definition) is 0. The Balaban J connectivity index is 3.68. The summed E-state index contributed by atoms with van der Waals surface area (Å²) >= 11 is 0. The Morgan fingerprint density at radius 2 is 2.17 bits per heavy atom. The lowest BCUT2D eigenvalue weighted by atomic mass is 10.4. The van der Waals surface area contributed by atoms with Gasteiger partial charge in [0.05, 0.1) is 6.26 Å². The van der Waals surface area contributed by atoms with E-state index in [0.717, 1.165) is 6.42 Å². The van der Waals surface area contributed by atoms with Crippen LogP contribution in [-0.4, -0.2) is 5.97 Å². The van der Waals surface area contributed by atoms with E-state index in [9.17, 15) is 4.79 Å². The van der Waals surface area contributed by atoms with Gasteiger partial charge in [-0.1, -0.05) is 25.7 Å². The van der Waals surface area contributed by atoms with E-state index in [1.165, 1.54) is 6.26 Å². The van der Waals surface area contributed by atoms with Crippen LogP contribution in [-0.2, 0) is 9.53 Å². The third kappa shape index (κ3) is 5.47. The van der Waals surface area contributed by atoms with Crippen molar-refractivity contribution in [1.29, 1.82) is 0 Å². The summed E-state index contributed by atoms with van der Waals surface area (Å²) in [6, 6.07) is 0. The third-order valence-electron chi connectivity index (χ3n) is 1.09. The van der Waals surface area contributed by atoms with Crippen molar-refractivity contribution in [2.75, 3.05) is 0 Å². The Morgan fingerprint density at radius 3 is 2.67 bits per heavy atom. The first-order chi connectivity index (χ1) is 5.68. The molecule has 0 aliphatic heterocycles. The van der Waals surface area contributed by atoms with Gasteiger partial charge >= 0.3 is 5.97 Å². The van der Waals surface area contributed by atoms with Gasteiger partial charge in [-0.05, 0) is 19.4 Å². The van der Waals surface area contributed by atoms with E-state index < -0.39 is 5.97 Å². The first-order valence-corrected chi connectivity index (χ1v) is 3.86. The molecule has 0 aromatic rings.